The Hall–Kier alpha value is -1.25. The highest BCUT2D eigenvalue weighted by molar-refractivity contribution is 6.39. The third-order valence-corrected chi connectivity index (χ3v) is 2.97. The van der Waals surface area contributed by atoms with Crippen LogP contribution >= 0.6 is 23.2 Å². The number of hydrogen-bond donors (Lipinski definition) is 1. The van der Waals surface area contributed by atoms with Crippen molar-refractivity contribution in [3.8, 4) is 0 Å². The second-order valence-electron chi connectivity index (χ2n) is 3.70. The molecule has 0 aliphatic heterocycles. The molecule has 2 aromatic carbocycles. The van der Waals surface area contributed by atoms with Gasteiger partial charge in [-0.3, -0.25) is 0 Å². The largest absolute Gasteiger partial charge is 0.351 e. The van der Waals surface area contributed by atoms with Gasteiger partial charge in [-0.2, -0.15) is 0 Å². The second kappa shape index (κ2) is 4.94. The van der Waals surface area contributed by atoms with Gasteiger partial charge in [-0.25, -0.2) is 4.39 Å². The maximum Gasteiger partial charge on any atom is 0.146 e. The summed E-state index contributed by atoms with van der Waals surface area (Å²) in [6, 6.07) is 9.95. The number of halogens is 3. The topological polar surface area (TPSA) is 12.0 Å². The summed E-state index contributed by atoms with van der Waals surface area (Å²) >= 11 is 12.0. The van der Waals surface area contributed by atoms with Crippen LogP contribution in [-0.2, 0) is 0 Å². The summed E-state index contributed by atoms with van der Waals surface area (Å²) in [5, 5.41) is 3.82. The molecule has 0 amide bonds. The average Bonchev–Trinajstić information content (AvgIpc) is 2.28. The molecule has 2 aromatic rings. The number of rotatable bonds is 2. The number of anilines is 2. The van der Waals surface area contributed by atoms with Crippen molar-refractivity contribution in [1.82, 2.24) is 0 Å². The highest BCUT2D eigenvalue weighted by Gasteiger charge is 2.08. The van der Waals surface area contributed by atoms with E-state index in [0.717, 1.165) is 5.56 Å². The quantitative estimate of drug-likeness (QED) is 0.792. The van der Waals surface area contributed by atoms with E-state index in [9.17, 15) is 4.39 Å². The van der Waals surface area contributed by atoms with Gasteiger partial charge in [0, 0.05) is 0 Å². The first-order chi connectivity index (χ1) is 8.08. The van der Waals surface area contributed by atoms with E-state index in [0.29, 0.717) is 21.4 Å². The predicted octanol–water partition coefficient (Wildman–Crippen LogP) is 5.18. The van der Waals surface area contributed by atoms with E-state index in [4.69, 9.17) is 23.2 Å². The molecule has 0 atom stereocenters. The van der Waals surface area contributed by atoms with Gasteiger partial charge >= 0.3 is 0 Å². The standard InChI is InChI=1S/C13H10Cl2FN/c1-8-5-6-11(16)12(7-8)17-13-9(14)3-2-4-10(13)15/h2-7,17H,1H3. The molecule has 0 bridgehead atoms. The minimum Gasteiger partial charge on any atom is -0.351 e. The molecular formula is C13H10Cl2FN. The van der Waals surface area contributed by atoms with Crippen LogP contribution in [0.15, 0.2) is 36.4 Å². The molecule has 0 saturated carbocycles. The second-order valence-corrected chi connectivity index (χ2v) is 4.52. The molecular weight excluding hydrogens is 260 g/mol. The van der Waals surface area contributed by atoms with Crippen LogP contribution < -0.4 is 5.32 Å². The van der Waals surface area contributed by atoms with Gasteiger partial charge in [-0.05, 0) is 36.8 Å². The van der Waals surface area contributed by atoms with Gasteiger partial charge < -0.3 is 5.32 Å². The summed E-state index contributed by atoms with van der Waals surface area (Å²) in [4.78, 5) is 0. The third-order valence-electron chi connectivity index (χ3n) is 2.34. The maximum absolute atomic E-state index is 13.6. The first-order valence-electron chi connectivity index (χ1n) is 5.05. The molecule has 0 saturated heterocycles. The lowest BCUT2D eigenvalue weighted by molar-refractivity contribution is 0.631. The summed E-state index contributed by atoms with van der Waals surface area (Å²) in [6.07, 6.45) is 0. The van der Waals surface area contributed by atoms with Crippen molar-refractivity contribution in [3.63, 3.8) is 0 Å². The first-order valence-corrected chi connectivity index (χ1v) is 5.80. The van der Waals surface area contributed by atoms with Crippen molar-refractivity contribution >= 4 is 34.6 Å². The van der Waals surface area contributed by atoms with Crippen LogP contribution in [0, 0.1) is 12.7 Å². The van der Waals surface area contributed by atoms with E-state index in [-0.39, 0.29) is 5.82 Å². The molecule has 88 valence electrons. The van der Waals surface area contributed by atoms with Gasteiger partial charge in [0.25, 0.3) is 0 Å². The SMILES string of the molecule is Cc1ccc(F)c(Nc2c(Cl)cccc2Cl)c1. The van der Waals surface area contributed by atoms with Crippen molar-refractivity contribution in [3.05, 3.63) is 57.8 Å². The molecule has 4 heteroatoms. The fourth-order valence-corrected chi connectivity index (χ4v) is 1.98. The number of nitrogens with one attached hydrogen (secondary N) is 1. The van der Waals surface area contributed by atoms with E-state index < -0.39 is 0 Å². The Bertz CT molecular complexity index is 535. The number of benzene rings is 2. The summed E-state index contributed by atoms with van der Waals surface area (Å²) in [6.45, 7) is 1.89. The Morgan fingerprint density at radius 1 is 1.06 bits per heavy atom. The van der Waals surface area contributed by atoms with Crippen molar-refractivity contribution in [2.24, 2.45) is 0 Å². The zero-order valence-corrected chi connectivity index (χ0v) is 10.6. The number of para-hydroxylation sites is 1. The van der Waals surface area contributed by atoms with Gasteiger partial charge in [-0.1, -0.05) is 35.3 Å². The average molecular weight is 270 g/mol. The fraction of sp³-hybridized carbons (Fsp3) is 0.0769. The van der Waals surface area contributed by atoms with Crippen molar-refractivity contribution in [1.29, 1.82) is 0 Å². The molecule has 0 aliphatic carbocycles. The minimum absolute atomic E-state index is 0.341. The van der Waals surface area contributed by atoms with Crippen LogP contribution in [0.2, 0.25) is 10.0 Å². The summed E-state index contributed by atoms with van der Waals surface area (Å²) in [5.74, 6) is -0.341. The molecule has 0 heterocycles. The lowest BCUT2D eigenvalue weighted by Gasteiger charge is -2.11. The highest BCUT2D eigenvalue weighted by atomic mass is 35.5. The van der Waals surface area contributed by atoms with Gasteiger partial charge in [0.15, 0.2) is 0 Å². The van der Waals surface area contributed by atoms with Gasteiger partial charge in [0.1, 0.15) is 5.82 Å². The van der Waals surface area contributed by atoms with E-state index in [1.165, 1.54) is 6.07 Å². The van der Waals surface area contributed by atoms with Gasteiger partial charge in [-0.15, -0.1) is 0 Å². The number of hydrogen-bond acceptors (Lipinski definition) is 1. The van der Waals surface area contributed by atoms with Crippen molar-refractivity contribution in [2.45, 2.75) is 6.92 Å². The maximum atomic E-state index is 13.6. The molecule has 0 aliphatic rings. The molecule has 1 nitrogen and oxygen atoms in total. The molecule has 0 fully saturated rings. The van der Waals surface area contributed by atoms with E-state index >= 15 is 0 Å². The zero-order chi connectivity index (χ0) is 12.4. The van der Waals surface area contributed by atoms with Gasteiger partial charge in [0.2, 0.25) is 0 Å². The minimum atomic E-state index is -0.341. The molecule has 0 unspecified atom stereocenters. The van der Waals surface area contributed by atoms with Crippen LogP contribution in [0.1, 0.15) is 5.56 Å². The molecule has 0 radical (unpaired) electrons. The smallest absolute Gasteiger partial charge is 0.146 e. The van der Waals surface area contributed by atoms with Crippen LogP contribution in [0.4, 0.5) is 15.8 Å². The van der Waals surface area contributed by atoms with E-state index in [2.05, 4.69) is 5.32 Å². The summed E-state index contributed by atoms with van der Waals surface area (Å²) < 4.78 is 13.6. The molecule has 0 aromatic heterocycles. The molecule has 1 N–H and O–H groups in total. The molecule has 0 spiro atoms. The lowest BCUT2D eigenvalue weighted by atomic mass is 10.2. The van der Waals surface area contributed by atoms with Crippen molar-refractivity contribution in [2.75, 3.05) is 5.32 Å². The van der Waals surface area contributed by atoms with Crippen LogP contribution in [0.3, 0.4) is 0 Å². The molecule has 2 rings (SSSR count). The molecule has 17 heavy (non-hydrogen) atoms. The Morgan fingerprint density at radius 3 is 2.35 bits per heavy atom. The highest BCUT2D eigenvalue weighted by Crippen LogP contribution is 2.33. The monoisotopic (exact) mass is 269 g/mol. The lowest BCUT2D eigenvalue weighted by Crippen LogP contribution is -1.96. The number of aryl methyl sites for hydroxylation is 1. The van der Waals surface area contributed by atoms with E-state index in [1.807, 2.05) is 6.92 Å². The summed E-state index contributed by atoms with van der Waals surface area (Å²) in [7, 11) is 0. The van der Waals surface area contributed by atoms with Crippen LogP contribution in [-0.4, -0.2) is 0 Å². The van der Waals surface area contributed by atoms with Crippen molar-refractivity contribution < 1.29 is 4.39 Å². The Balaban J connectivity index is 2.41. The normalized spacial score (nSPS) is 10.4. The van der Waals surface area contributed by atoms with Crippen LogP contribution in [0.5, 0.6) is 0 Å². The first kappa shape index (κ1) is 12.2. The third kappa shape index (κ3) is 2.71. The summed E-state index contributed by atoms with van der Waals surface area (Å²) in [5.41, 5.74) is 1.83. The van der Waals surface area contributed by atoms with E-state index in [1.54, 1.807) is 30.3 Å². The van der Waals surface area contributed by atoms with Crippen LogP contribution in [0.25, 0.3) is 0 Å². The Labute approximate surface area is 109 Å². The zero-order valence-electron chi connectivity index (χ0n) is 9.10. The van der Waals surface area contributed by atoms with Gasteiger partial charge in [0.05, 0.1) is 21.4 Å². The predicted molar refractivity (Wildman–Crippen MR) is 70.9 cm³/mol. The fourth-order valence-electron chi connectivity index (χ4n) is 1.49. The Morgan fingerprint density at radius 2 is 1.71 bits per heavy atom. The Kier molecular flexibility index (Phi) is 3.55.